The lowest BCUT2D eigenvalue weighted by molar-refractivity contribution is -0.138. The largest absolute Gasteiger partial charge is 0.497 e. The molecule has 0 aliphatic heterocycles. The number of methoxy groups -OCH3 is 1. The maximum absolute atomic E-state index is 13.6. The molecule has 5 aromatic rings. The van der Waals surface area contributed by atoms with Gasteiger partial charge in [0.25, 0.3) is 0 Å². The van der Waals surface area contributed by atoms with Gasteiger partial charge in [-0.1, -0.05) is 49.4 Å². The van der Waals surface area contributed by atoms with Crippen molar-refractivity contribution < 1.29 is 17.9 Å². The lowest BCUT2D eigenvalue weighted by Gasteiger charge is -2.19. The zero-order valence-corrected chi connectivity index (χ0v) is 22.5. The van der Waals surface area contributed by atoms with Gasteiger partial charge in [0.2, 0.25) is 0 Å². The van der Waals surface area contributed by atoms with Gasteiger partial charge in [0.15, 0.2) is 5.82 Å². The van der Waals surface area contributed by atoms with Crippen LogP contribution in [0.25, 0.3) is 28.0 Å². The predicted molar refractivity (Wildman–Crippen MR) is 156 cm³/mol. The molecule has 0 amide bonds. The summed E-state index contributed by atoms with van der Waals surface area (Å²) in [6, 6.07) is 22.5. The van der Waals surface area contributed by atoms with E-state index in [0.717, 1.165) is 28.3 Å². The van der Waals surface area contributed by atoms with E-state index in [1.54, 1.807) is 25.6 Å². The summed E-state index contributed by atoms with van der Waals surface area (Å²) in [6.45, 7) is 1.99. The van der Waals surface area contributed by atoms with Crippen LogP contribution >= 0.6 is 0 Å². The lowest BCUT2D eigenvalue weighted by Crippen LogP contribution is -2.17. The normalized spacial score (nSPS) is 11.9. The van der Waals surface area contributed by atoms with Crippen LogP contribution in [0.4, 0.5) is 24.7 Å². The zero-order chi connectivity index (χ0) is 28.8. The molecule has 0 atom stereocenters. The Balaban J connectivity index is 1.54. The number of para-hydroxylation sites is 1. The van der Waals surface area contributed by atoms with Crippen molar-refractivity contribution in [3.8, 4) is 17.1 Å². The van der Waals surface area contributed by atoms with Crippen LogP contribution in [0.15, 0.2) is 97.3 Å². The number of rotatable bonds is 9. The Bertz CT molecular complexity index is 1690. The molecule has 0 saturated carbocycles. The minimum absolute atomic E-state index is 0.00857. The number of fused-ring (bicyclic) bond motifs is 1. The van der Waals surface area contributed by atoms with E-state index < -0.39 is 11.7 Å². The number of anilines is 2. The number of alkyl halides is 3. The molecule has 2 heterocycles. The Morgan fingerprint density at radius 1 is 0.951 bits per heavy atom. The van der Waals surface area contributed by atoms with Crippen molar-refractivity contribution in [1.82, 2.24) is 20.3 Å². The first-order valence-corrected chi connectivity index (χ1v) is 13.1. The summed E-state index contributed by atoms with van der Waals surface area (Å²) in [5.41, 5.74) is 3.21. The van der Waals surface area contributed by atoms with Crippen LogP contribution < -0.4 is 15.4 Å². The molecule has 0 aliphatic rings. The highest BCUT2D eigenvalue weighted by atomic mass is 19.4. The Labute approximate surface area is 236 Å². The topological polar surface area (TPSA) is 72.0 Å². The van der Waals surface area contributed by atoms with Crippen molar-refractivity contribution >= 4 is 28.1 Å². The van der Waals surface area contributed by atoms with Crippen LogP contribution in [-0.2, 0) is 12.7 Å². The molecule has 208 valence electrons. The second-order valence-electron chi connectivity index (χ2n) is 9.23. The fraction of sp³-hybridized carbons (Fsp3) is 0.156. The molecule has 2 N–H and O–H groups in total. The lowest BCUT2D eigenvalue weighted by atomic mass is 10.0. The number of aromatic nitrogens is 3. The average molecular weight is 556 g/mol. The highest BCUT2D eigenvalue weighted by Crippen LogP contribution is 2.34. The maximum Gasteiger partial charge on any atom is 0.416 e. The fourth-order valence-electron chi connectivity index (χ4n) is 4.53. The molecule has 0 fully saturated rings. The first kappa shape index (κ1) is 27.6. The minimum atomic E-state index is -4.44. The highest BCUT2D eigenvalue weighted by Gasteiger charge is 2.32. The minimum Gasteiger partial charge on any atom is -0.497 e. The molecule has 0 aliphatic carbocycles. The third kappa shape index (κ3) is 6.30. The molecule has 0 bridgehead atoms. The Kier molecular flexibility index (Phi) is 8.14. The molecule has 3 aromatic carbocycles. The number of allylic oxidation sites excluding steroid dienone is 1. The van der Waals surface area contributed by atoms with Crippen molar-refractivity contribution in [3.63, 3.8) is 0 Å². The molecular formula is C32H28F3N5O. The Morgan fingerprint density at radius 2 is 1.76 bits per heavy atom. The van der Waals surface area contributed by atoms with Crippen molar-refractivity contribution in [3.05, 3.63) is 114 Å². The third-order valence-corrected chi connectivity index (χ3v) is 6.49. The molecular weight excluding hydrogens is 527 g/mol. The smallest absolute Gasteiger partial charge is 0.416 e. The number of nitrogens with zero attached hydrogens (tertiary/aromatic N) is 3. The van der Waals surface area contributed by atoms with Crippen LogP contribution in [0.1, 0.15) is 30.0 Å². The molecule has 6 nitrogen and oxygen atoms in total. The number of ether oxygens (including phenoxy) is 1. The number of nitrogens with one attached hydrogen (secondary N) is 2. The van der Waals surface area contributed by atoms with Crippen molar-refractivity contribution in [2.24, 2.45) is 0 Å². The van der Waals surface area contributed by atoms with E-state index in [1.807, 2.05) is 67.6 Å². The first-order valence-electron chi connectivity index (χ1n) is 13.1. The quantitative estimate of drug-likeness (QED) is 0.192. The SMILES string of the molecule is CC/C=C(/NCc1ccccc1C(F)(F)F)c1ccccc1Nc1nc(-c2cccnc2)nc2ccc(OC)cc12. The molecule has 0 saturated heterocycles. The van der Waals surface area contributed by atoms with Crippen LogP contribution in [0.3, 0.4) is 0 Å². The first-order chi connectivity index (χ1) is 19.9. The summed E-state index contributed by atoms with van der Waals surface area (Å²) >= 11 is 0. The molecule has 41 heavy (non-hydrogen) atoms. The van der Waals surface area contributed by atoms with E-state index in [0.29, 0.717) is 35.0 Å². The average Bonchev–Trinajstić information content (AvgIpc) is 2.99. The summed E-state index contributed by atoms with van der Waals surface area (Å²) in [4.78, 5) is 13.8. The molecule has 0 unspecified atom stereocenters. The standard InChI is InChI=1S/C32H28F3N5O/c1-3-9-27(37-20-21-10-4-6-13-26(21)32(33,34)35)24-12-5-7-14-28(24)39-31-25-18-23(41-2)15-16-29(25)38-30(40-31)22-11-8-17-36-19-22/h4-19,37H,3,20H2,1-2H3,(H,38,39,40)/b27-9+. The fourth-order valence-corrected chi connectivity index (χ4v) is 4.53. The van der Waals surface area contributed by atoms with Crippen LogP contribution in [0, 0.1) is 0 Å². The number of halogens is 3. The van der Waals surface area contributed by atoms with Gasteiger partial charge in [0, 0.05) is 46.8 Å². The van der Waals surface area contributed by atoms with Gasteiger partial charge in [-0.2, -0.15) is 13.2 Å². The summed E-state index contributed by atoms with van der Waals surface area (Å²) in [5, 5.41) is 7.46. The maximum atomic E-state index is 13.6. The molecule has 0 spiro atoms. The molecule has 0 radical (unpaired) electrons. The van der Waals surface area contributed by atoms with Crippen LogP contribution in [0.2, 0.25) is 0 Å². The number of pyridine rings is 1. The number of benzene rings is 3. The van der Waals surface area contributed by atoms with Gasteiger partial charge in [0.1, 0.15) is 11.6 Å². The van der Waals surface area contributed by atoms with E-state index in [4.69, 9.17) is 14.7 Å². The van der Waals surface area contributed by atoms with Crippen molar-refractivity contribution in [2.75, 3.05) is 12.4 Å². The van der Waals surface area contributed by atoms with E-state index >= 15 is 0 Å². The van der Waals surface area contributed by atoms with Crippen LogP contribution in [-0.4, -0.2) is 22.1 Å². The molecule has 9 heteroatoms. The predicted octanol–water partition coefficient (Wildman–Crippen LogP) is 8.00. The van der Waals surface area contributed by atoms with Gasteiger partial charge in [-0.3, -0.25) is 4.98 Å². The van der Waals surface area contributed by atoms with Gasteiger partial charge < -0.3 is 15.4 Å². The monoisotopic (exact) mass is 555 g/mol. The second kappa shape index (κ2) is 12.1. The molecule has 2 aromatic heterocycles. The zero-order valence-electron chi connectivity index (χ0n) is 22.5. The summed E-state index contributed by atoms with van der Waals surface area (Å²) < 4.78 is 46.3. The summed E-state index contributed by atoms with van der Waals surface area (Å²) in [5.74, 6) is 1.71. The Morgan fingerprint density at radius 3 is 2.51 bits per heavy atom. The number of hydrogen-bond acceptors (Lipinski definition) is 6. The van der Waals surface area contributed by atoms with Gasteiger partial charge in [0.05, 0.1) is 18.2 Å². The van der Waals surface area contributed by atoms with Gasteiger partial charge >= 0.3 is 6.18 Å². The van der Waals surface area contributed by atoms with Gasteiger partial charge in [-0.15, -0.1) is 0 Å². The summed E-state index contributed by atoms with van der Waals surface area (Å²) in [6.07, 6.45) is 1.59. The van der Waals surface area contributed by atoms with E-state index in [2.05, 4.69) is 15.6 Å². The summed E-state index contributed by atoms with van der Waals surface area (Å²) in [7, 11) is 1.60. The second-order valence-corrected chi connectivity index (χ2v) is 9.23. The van der Waals surface area contributed by atoms with Gasteiger partial charge in [-0.25, -0.2) is 9.97 Å². The highest BCUT2D eigenvalue weighted by molar-refractivity contribution is 5.94. The van der Waals surface area contributed by atoms with E-state index in [9.17, 15) is 13.2 Å². The third-order valence-electron chi connectivity index (χ3n) is 6.49. The van der Waals surface area contributed by atoms with E-state index in [1.165, 1.54) is 12.1 Å². The van der Waals surface area contributed by atoms with Crippen molar-refractivity contribution in [1.29, 1.82) is 0 Å². The van der Waals surface area contributed by atoms with Crippen molar-refractivity contribution in [2.45, 2.75) is 26.1 Å². The molecule has 5 rings (SSSR count). The van der Waals surface area contributed by atoms with Crippen LogP contribution in [0.5, 0.6) is 5.75 Å². The Hall–Kier alpha value is -4.92. The van der Waals surface area contributed by atoms with Gasteiger partial charge in [-0.05, 0) is 54.4 Å². The van der Waals surface area contributed by atoms with E-state index in [-0.39, 0.29) is 12.1 Å². The number of hydrogen-bond donors (Lipinski definition) is 2.